The molecule has 0 bridgehead atoms. The van der Waals surface area contributed by atoms with E-state index in [9.17, 15) is 10.1 Å². The van der Waals surface area contributed by atoms with Gasteiger partial charge in [0, 0.05) is 16.6 Å². The molecule has 2 aromatic carbocycles. The van der Waals surface area contributed by atoms with Crippen molar-refractivity contribution in [2.45, 2.75) is 19.8 Å². The molecule has 0 heterocycles. The number of non-ortho nitro benzene ring substituents is 1. The van der Waals surface area contributed by atoms with Crippen LogP contribution in [0.3, 0.4) is 0 Å². The van der Waals surface area contributed by atoms with Crippen molar-refractivity contribution in [1.29, 1.82) is 0 Å². The highest BCUT2D eigenvalue weighted by molar-refractivity contribution is 9.10. The minimum Gasteiger partial charge on any atom is -0.258 e. The Bertz CT molecular complexity index is 611. The Hall–Kier alpha value is -1.68. The monoisotopic (exact) mass is 319 g/mol. The van der Waals surface area contributed by atoms with E-state index in [1.54, 1.807) is 12.1 Å². The van der Waals surface area contributed by atoms with Gasteiger partial charge in [0.2, 0.25) is 0 Å². The van der Waals surface area contributed by atoms with Crippen LogP contribution in [0.4, 0.5) is 5.69 Å². The predicted molar refractivity (Wildman–Crippen MR) is 80.2 cm³/mol. The van der Waals surface area contributed by atoms with Crippen molar-refractivity contribution in [1.82, 2.24) is 0 Å². The zero-order valence-electron chi connectivity index (χ0n) is 10.6. The van der Waals surface area contributed by atoms with E-state index >= 15 is 0 Å². The van der Waals surface area contributed by atoms with Crippen molar-refractivity contribution in [3.8, 4) is 11.1 Å². The van der Waals surface area contributed by atoms with Crippen LogP contribution in [0.25, 0.3) is 11.1 Å². The van der Waals surface area contributed by atoms with E-state index in [1.807, 2.05) is 12.1 Å². The third-order valence-electron chi connectivity index (χ3n) is 2.94. The molecule has 98 valence electrons. The van der Waals surface area contributed by atoms with Crippen LogP contribution in [0.5, 0.6) is 0 Å². The zero-order valence-corrected chi connectivity index (χ0v) is 12.2. The summed E-state index contributed by atoms with van der Waals surface area (Å²) < 4.78 is 0.952. The number of halogens is 1. The largest absolute Gasteiger partial charge is 0.270 e. The lowest BCUT2D eigenvalue weighted by atomic mass is 10.0. The Morgan fingerprint density at radius 2 is 2.00 bits per heavy atom. The first kappa shape index (κ1) is 13.7. The standard InChI is InChI=1S/C15H14BrNO2/c1-2-4-11-7-8-15(16)14(9-11)12-5-3-6-13(10-12)17(18)19/h3,5-10H,2,4H2,1H3. The normalized spacial score (nSPS) is 10.4. The highest BCUT2D eigenvalue weighted by atomic mass is 79.9. The van der Waals surface area contributed by atoms with Gasteiger partial charge in [-0.3, -0.25) is 10.1 Å². The van der Waals surface area contributed by atoms with Crippen molar-refractivity contribution in [3.05, 3.63) is 62.6 Å². The smallest absolute Gasteiger partial charge is 0.258 e. The van der Waals surface area contributed by atoms with Gasteiger partial charge in [-0.1, -0.05) is 53.5 Å². The fourth-order valence-corrected chi connectivity index (χ4v) is 2.50. The molecule has 19 heavy (non-hydrogen) atoms. The molecular weight excluding hydrogens is 306 g/mol. The molecule has 2 rings (SSSR count). The maximum Gasteiger partial charge on any atom is 0.270 e. The summed E-state index contributed by atoms with van der Waals surface area (Å²) in [4.78, 5) is 10.5. The summed E-state index contributed by atoms with van der Waals surface area (Å²) in [7, 11) is 0. The maximum atomic E-state index is 10.8. The summed E-state index contributed by atoms with van der Waals surface area (Å²) in [6.07, 6.45) is 2.09. The second kappa shape index (κ2) is 5.97. The molecule has 4 heteroatoms. The average molecular weight is 320 g/mol. The van der Waals surface area contributed by atoms with Crippen molar-refractivity contribution >= 4 is 21.6 Å². The van der Waals surface area contributed by atoms with Gasteiger partial charge < -0.3 is 0 Å². The van der Waals surface area contributed by atoms with E-state index < -0.39 is 0 Å². The second-order valence-corrected chi connectivity index (χ2v) is 5.23. The van der Waals surface area contributed by atoms with Gasteiger partial charge in [0.15, 0.2) is 0 Å². The van der Waals surface area contributed by atoms with Crippen LogP contribution in [-0.4, -0.2) is 4.92 Å². The van der Waals surface area contributed by atoms with Gasteiger partial charge in [-0.2, -0.15) is 0 Å². The molecule has 0 fully saturated rings. The first-order chi connectivity index (χ1) is 9.11. The lowest BCUT2D eigenvalue weighted by molar-refractivity contribution is -0.384. The molecule has 0 saturated carbocycles. The highest BCUT2D eigenvalue weighted by Gasteiger charge is 2.09. The summed E-state index contributed by atoms with van der Waals surface area (Å²) in [5, 5.41) is 10.8. The summed E-state index contributed by atoms with van der Waals surface area (Å²) in [6, 6.07) is 12.9. The molecule has 0 spiro atoms. The second-order valence-electron chi connectivity index (χ2n) is 4.37. The molecule has 0 atom stereocenters. The van der Waals surface area contributed by atoms with Crippen LogP contribution in [0.2, 0.25) is 0 Å². The zero-order chi connectivity index (χ0) is 13.8. The number of benzene rings is 2. The van der Waals surface area contributed by atoms with E-state index in [1.165, 1.54) is 11.6 Å². The van der Waals surface area contributed by atoms with Gasteiger partial charge >= 0.3 is 0 Å². The molecule has 0 aromatic heterocycles. The number of nitro benzene ring substituents is 1. The third kappa shape index (κ3) is 3.20. The van der Waals surface area contributed by atoms with Crippen LogP contribution in [-0.2, 0) is 6.42 Å². The fraction of sp³-hybridized carbons (Fsp3) is 0.200. The van der Waals surface area contributed by atoms with Crippen molar-refractivity contribution in [3.63, 3.8) is 0 Å². The third-order valence-corrected chi connectivity index (χ3v) is 3.63. The Balaban J connectivity index is 2.48. The van der Waals surface area contributed by atoms with Gasteiger partial charge in [0.25, 0.3) is 5.69 Å². The van der Waals surface area contributed by atoms with Gasteiger partial charge in [0.1, 0.15) is 0 Å². The molecule has 3 nitrogen and oxygen atoms in total. The average Bonchev–Trinajstić information content (AvgIpc) is 2.41. The number of nitrogens with zero attached hydrogens (tertiary/aromatic N) is 1. The number of rotatable bonds is 4. The van der Waals surface area contributed by atoms with Gasteiger partial charge in [-0.05, 0) is 29.2 Å². The summed E-state index contributed by atoms with van der Waals surface area (Å²) in [5.41, 5.74) is 3.21. The van der Waals surface area contributed by atoms with Gasteiger partial charge in [0.05, 0.1) is 4.92 Å². The summed E-state index contributed by atoms with van der Waals surface area (Å²) in [6.45, 7) is 2.13. The topological polar surface area (TPSA) is 43.1 Å². The SMILES string of the molecule is CCCc1ccc(Br)c(-c2cccc([N+](=O)[O-])c2)c1. The Morgan fingerprint density at radius 3 is 2.68 bits per heavy atom. The van der Waals surface area contributed by atoms with Crippen molar-refractivity contribution in [2.75, 3.05) is 0 Å². The molecule has 0 unspecified atom stereocenters. The van der Waals surface area contributed by atoms with Gasteiger partial charge in [-0.15, -0.1) is 0 Å². The van der Waals surface area contributed by atoms with E-state index in [0.717, 1.165) is 28.4 Å². The summed E-state index contributed by atoms with van der Waals surface area (Å²) in [5.74, 6) is 0. The molecule has 0 N–H and O–H groups in total. The van der Waals surface area contributed by atoms with E-state index in [-0.39, 0.29) is 10.6 Å². The number of hydrogen-bond donors (Lipinski definition) is 0. The van der Waals surface area contributed by atoms with Crippen LogP contribution >= 0.6 is 15.9 Å². The van der Waals surface area contributed by atoms with Crippen LogP contribution < -0.4 is 0 Å². The van der Waals surface area contributed by atoms with Crippen LogP contribution in [0, 0.1) is 10.1 Å². The van der Waals surface area contributed by atoms with E-state index in [0.29, 0.717) is 0 Å². The first-order valence-electron chi connectivity index (χ1n) is 6.15. The number of aryl methyl sites for hydroxylation is 1. The minimum atomic E-state index is -0.368. The van der Waals surface area contributed by atoms with Gasteiger partial charge in [-0.25, -0.2) is 0 Å². The Labute approximate surface area is 120 Å². The van der Waals surface area contributed by atoms with E-state index in [4.69, 9.17) is 0 Å². The lowest BCUT2D eigenvalue weighted by Gasteiger charge is -2.07. The summed E-state index contributed by atoms with van der Waals surface area (Å²) >= 11 is 3.51. The van der Waals surface area contributed by atoms with Crippen LogP contribution in [0.1, 0.15) is 18.9 Å². The predicted octanol–water partition coefficient (Wildman–Crippen LogP) is 4.98. The quantitative estimate of drug-likeness (QED) is 0.589. The highest BCUT2D eigenvalue weighted by Crippen LogP contribution is 2.31. The van der Waals surface area contributed by atoms with E-state index in [2.05, 4.69) is 35.0 Å². The molecule has 0 amide bonds. The minimum absolute atomic E-state index is 0.116. The first-order valence-corrected chi connectivity index (χ1v) is 6.94. The molecule has 0 aliphatic rings. The molecule has 0 aliphatic heterocycles. The van der Waals surface area contributed by atoms with Crippen LogP contribution in [0.15, 0.2) is 46.9 Å². The Kier molecular flexibility index (Phi) is 4.32. The number of nitro groups is 1. The molecule has 0 saturated heterocycles. The maximum absolute atomic E-state index is 10.8. The van der Waals surface area contributed by atoms with Crippen molar-refractivity contribution in [2.24, 2.45) is 0 Å². The lowest BCUT2D eigenvalue weighted by Crippen LogP contribution is -1.90. The Morgan fingerprint density at radius 1 is 1.21 bits per heavy atom. The number of hydrogen-bond acceptors (Lipinski definition) is 2. The molecule has 0 radical (unpaired) electrons. The molecule has 0 aliphatic carbocycles. The van der Waals surface area contributed by atoms with Crippen molar-refractivity contribution < 1.29 is 4.92 Å². The molecular formula is C15H14BrNO2. The fourth-order valence-electron chi connectivity index (χ4n) is 2.02. The molecule has 2 aromatic rings.